The summed E-state index contributed by atoms with van der Waals surface area (Å²) in [6, 6.07) is 6.10. The highest BCUT2D eigenvalue weighted by molar-refractivity contribution is 7.18. The first-order chi connectivity index (χ1) is 10.2. The van der Waals surface area contributed by atoms with Crippen LogP contribution < -0.4 is 5.32 Å². The number of fused-ring (bicyclic) bond motifs is 3. The number of nitrogens with zero attached hydrogens (tertiary/aromatic N) is 2. The highest BCUT2D eigenvalue weighted by Gasteiger charge is 2.32. The third kappa shape index (κ3) is 2.56. The number of nitrogens with one attached hydrogen (secondary N) is 1. The topological polar surface area (TPSA) is 45.2 Å². The van der Waals surface area contributed by atoms with Crippen LogP contribution in [0.1, 0.15) is 28.2 Å². The van der Waals surface area contributed by atoms with Gasteiger partial charge in [0.05, 0.1) is 15.2 Å². The molecule has 4 nitrogen and oxygen atoms in total. The Hall–Kier alpha value is -1.46. The van der Waals surface area contributed by atoms with Crippen molar-refractivity contribution in [1.29, 1.82) is 0 Å². The second-order valence-corrected chi connectivity index (χ2v) is 7.47. The van der Waals surface area contributed by atoms with E-state index in [0.717, 1.165) is 39.7 Å². The molecule has 0 saturated carbocycles. The van der Waals surface area contributed by atoms with Crippen LogP contribution in [0, 0.1) is 12.8 Å². The van der Waals surface area contributed by atoms with Gasteiger partial charge in [0.1, 0.15) is 0 Å². The van der Waals surface area contributed by atoms with Gasteiger partial charge in [0.2, 0.25) is 0 Å². The van der Waals surface area contributed by atoms with Crippen LogP contribution in [-0.2, 0) is 0 Å². The van der Waals surface area contributed by atoms with Crippen molar-refractivity contribution in [3.8, 4) is 0 Å². The minimum absolute atomic E-state index is 0.0513. The molecule has 110 valence electrons. The number of benzene rings is 1. The van der Waals surface area contributed by atoms with Gasteiger partial charge in [-0.3, -0.25) is 4.79 Å². The van der Waals surface area contributed by atoms with Crippen LogP contribution >= 0.6 is 11.3 Å². The van der Waals surface area contributed by atoms with Gasteiger partial charge in [0.15, 0.2) is 0 Å². The Morgan fingerprint density at radius 3 is 3.19 bits per heavy atom. The lowest BCUT2D eigenvalue weighted by Gasteiger charge is -2.30. The van der Waals surface area contributed by atoms with E-state index in [2.05, 4.69) is 15.2 Å². The van der Waals surface area contributed by atoms with Crippen LogP contribution in [-0.4, -0.2) is 41.5 Å². The van der Waals surface area contributed by atoms with Crippen molar-refractivity contribution in [2.24, 2.45) is 5.92 Å². The summed E-state index contributed by atoms with van der Waals surface area (Å²) in [6.07, 6.45) is 2.42. The average Bonchev–Trinajstić information content (AvgIpc) is 2.99. The van der Waals surface area contributed by atoms with E-state index in [1.165, 1.54) is 19.5 Å². The second kappa shape index (κ2) is 5.07. The maximum absolute atomic E-state index is 12.5. The fourth-order valence-electron chi connectivity index (χ4n) is 3.61. The Balaban J connectivity index is 1.50. The molecule has 3 heterocycles. The van der Waals surface area contributed by atoms with Crippen LogP contribution in [0.3, 0.4) is 0 Å². The van der Waals surface area contributed by atoms with E-state index < -0.39 is 0 Å². The van der Waals surface area contributed by atoms with Gasteiger partial charge in [-0.1, -0.05) is 0 Å². The quantitative estimate of drug-likeness (QED) is 0.926. The lowest BCUT2D eigenvalue weighted by Crippen LogP contribution is -2.47. The van der Waals surface area contributed by atoms with Gasteiger partial charge in [-0.25, -0.2) is 4.98 Å². The number of hydrogen-bond donors (Lipinski definition) is 1. The maximum atomic E-state index is 12.5. The summed E-state index contributed by atoms with van der Waals surface area (Å²) in [5.41, 5.74) is 1.73. The van der Waals surface area contributed by atoms with E-state index in [1.54, 1.807) is 11.3 Å². The summed E-state index contributed by atoms with van der Waals surface area (Å²) in [7, 11) is 0. The molecule has 0 radical (unpaired) electrons. The van der Waals surface area contributed by atoms with E-state index >= 15 is 0 Å². The van der Waals surface area contributed by atoms with Crippen LogP contribution in [0.2, 0.25) is 0 Å². The Kier molecular flexibility index (Phi) is 3.19. The van der Waals surface area contributed by atoms with Crippen molar-refractivity contribution in [3.05, 3.63) is 28.8 Å². The molecule has 3 atom stereocenters. The summed E-state index contributed by atoms with van der Waals surface area (Å²) in [5, 5.41) is 4.25. The molecule has 1 aromatic carbocycles. The molecule has 2 aliphatic heterocycles. The first kappa shape index (κ1) is 13.2. The van der Waals surface area contributed by atoms with Gasteiger partial charge in [0, 0.05) is 24.7 Å². The standard InChI is InChI=1S/C16H19N3OS/c1-10-17-14-3-2-12(7-15(14)21-10)16(20)18-13-6-11-4-5-19(8-11)9-13/h2-3,7,11,13H,4-6,8-9H2,1H3,(H,18,20)/t11-,13+/m0/s1. The van der Waals surface area contributed by atoms with Gasteiger partial charge in [0.25, 0.3) is 5.91 Å². The minimum Gasteiger partial charge on any atom is -0.348 e. The number of thiazole rings is 1. The number of carbonyl (C=O) groups is 1. The first-order valence-corrected chi connectivity index (χ1v) is 8.39. The molecule has 2 saturated heterocycles. The zero-order valence-electron chi connectivity index (χ0n) is 12.1. The third-order valence-electron chi connectivity index (χ3n) is 4.56. The number of carbonyl (C=O) groups excluding carboxylic acids is 1. The van der Waals surface area contributed by atoms with Crippen molar-refractivity contribution in [1.82, 2.24) is 15.2 Å². The monoisotopic (exact) mass is 301 g/mol. The van der Waals surface area contributed by atoms with Gasteiger partial charge >= 0.3 is 0 Å². The molecular formula is C16H19N3OS. The number of aryl methyl sites for hydroxylation is 1. The number of aromatic nitrogens is 1. The number of hydrogen-bond acceptors (Lipinski definition) is 4. The molecule has 1 N–H and O–H groups in total. The first-order valence-electron chi connectivity index (χ1n) is 7.58. The van der Waals surface area contributed by atoms with Crippen molar-refractivity contribution in [2.75, 3.05) is 19.6 Å². The molecule has 5 heteroatoms. The van der Waals surface area contributed by atoms with Crippen LogP contribution in [0.4, 0.5) is 0 Å². The van der Waals surface area contributed by atoms with Crippen molar-refractivity contribution >= 4 is 27.5 Å². The molecule has 4 rings (SSSR count). The van der Waals surface area contributed by atoms with E-state index in [9.17, 15) is 4.79 Å². The second-order valence-electron chi connectivity index (χ2n) is 6.24. The molecule has 21 heavy (non-hydrogen) atoms. The average molecular weight is 301 g/mol. The lowest BCUT2D eigenvalue weighted by atomic mass is 9.96. The molecule has 1 unspecified atom stereocenters. The summed E-state index contributed by atoms with van der Waals surface area (Å²) in [4.78, 5) is 19.4. The number of piperidine rings is 1. The molecule has 2 aromatic rings. The predicted octanol–water partition coefficient (Wildman–Crippen LogP) is 2.43. The van der Waals surface area contributed by atoms with Gasteiger partial charge < -0.3 is 10.2 Å². The predicted molar refractivity (Wildman–Crippen MR) is 84.8 cm³/mol. The fraction of sp³-hybridized carbons (Fsp3) is 0.500. The Labute approximate surface area is 128 Å². The van der Waals surface area contributed by atoms with Crippen LogP contribution in [0.5, 0.6) is 0 Å². The molecule has 2 aliphatic rings. The smallest absolute Gasteiger partial charge is 0.251 e. The van der Waals surface area contributed by atoms with Gasteiger partial charge in [-0.2, -0.15) is 0 Å². The molecule has 0 spiro atoms. The normalized spacial score (nSPS) is 28.0. The van der Waals surface area contributed by atoms with E-state index in [1.807, 2.05) is 25.1 Å². The Morgan fingerprint density at radius 2 is 2.33 bits per heavy atom. The molecule has 2 fully saturated rings. The third-order valence-corrected chi connectivity index (χ3v) is 5.49. The lowest BCUT2D eigenvalue weighted by molar-refractivity contribution is 0.0909. The molecule has 1 amide bonds. The number of rotatable bonds is 2. The van der Waals surface area contributed by atoms with Crippen molar-refractivity contribution in [3.63, 3.8) is 0 Å². The van der Waals surface area contributed by atoms with E-state index in [4.69, 9.17) is 0 Å². The molecular weight excluding hydrogens is 282 g/mol. The zero-order chi connectivity index (χ0) is 14.4. The molecule has 1 aromatic heterocycles. The summed E-state index contributed by atoms with van der Waals surface area (Å²) in [5.74, 6) is 0.825. The molecule has 0 aliphatic carbocycles. The fourth-order valence-corrected chi connectivity index (χ4v) is 4.48. The van der Waals surface area contributed by atoms with Crippen LogP contribution in [0.15, 0.2) is 18.2 Å². The maximum Gasteiger partial charge on any atom is 0.251 e. The highest BCUT2D eigenvalue weighted by Crippen LogP contribution is 2.27. The summed E-state index contributed by atoms with van der Waals surface area (Å²) in [6.45, 7) is 5.42. The highest BCUT2D eigenvalue weighted by atomic mass is 32.1. The largest absolute Gasteiger partial charge is 0.348 e. The van der Waals surface area contributed by atoms with Gasteiger partial charge in [-0.15, -0.1) is 11.3 Å². The molecule has 2 bridgehead atoms. The van der Waals surface area contributed by atoms with Gasteiger partial charge in [-0.05, 0) is 50.4 Å². The summed E-state index contributed by atoms with van der Waals surface area (Å²) >= 11 is 1.64. The van der Waals surface area contributed by atoms with Crippen molar-refractivity contribution in [2.45, 2.75) is 25.8 Å². The van der Waals surface area contributed by atoms with Crippen LogP contribution in [0.25, 0.3) is 10.2 Å². The van der Waals surface area contributed by atoms with Crippen molar-refractivity contribution < 1.29 is 4.79 Å². The minimum atomic E-state index is 0.0513. The van der Waals surface area contributed by atoms with E-state index in [0.29, 0.717) is 6.04 Å². The Bertz CT molecular complexity index is 684. The summed E-state index contributed by atoms with van der Waals surface area (Å²) < 4.78 is 1.09. The number of amides is 1. The zero-order valence-corrected chi connectivity index (χ0v) is 12.9. The van der Waals surface area contributed by atoms with E-state index in [-0.39, 0.29) is 5.91 Å². The SMILES string of the molecule is Cc1nc2ccc(C(=O)N[C@@H]3C[C@@H]4CCN(C4)C3)cc2s1. The Morgan fingerprint density at radius 1 is 1.43 bits per heavy atom.